The molecule has 1 amide bonds. The minimum atomic E-state index is -0.706. The number of nitro groups is 1. The lowest BCUT2D eigenvalue weighted by Gasteiger charge is -2.02. The first-order valence-electron chi connectivity index (χ1n) is 6.46. The summed E-state index contributed by atoms with van der Waals surface area (Å²) in [7, 11) is 1.52. The Balaban J connectivity index is 2.08. The van der Waals surface area contributed by atoms with Crippen LogP contribution in [0.5, 0.6) is 11.5 Å². The number of phenolic OH excluding ortho intramolecular Hbond substituents is 1. The van der Waals surface area contributed by atoms with Crippen LogP contribution in [0, 0.1) is 10.1 Å². The topological polar surface area (TPSA) is 114 Å². The van der Waals surface area contributed by atoms with Gasteiger partial charge >= 0.3 is 5.69 Å². The second kappa shape index (κ2) is 7.03. The van der Waals surface area contributed by atoms with Gasteiger partial charge in [-0.2, -0.15) is 5.10 Å². The molecule has 2 aromatic rings. The number of nitrogens with one attached hydrogen (secondary N) is 1. The molecule has 0 aliphatic carbocycles. The summed E-state index contributed by atoms with van der Waals surface area (Å²) in [5.41, 5.74) is 2.32. The number of amides is 1. The molecular formula is C15H13N3O5. The lowest BCUT2D eigenvalue weighted by molar-refractivity contribution is -0.385. The van der Waals surface area contributed by atoms with Crippen LogP contribution in [0.1, 0.15) is 15.9 Å². The summed E-state index contributed by atoms with van der Waals surface area (Å²) in [6.07, 6.45) is 1.13. The number of nitro benzene ring substituents is 1. The first-order valence-corrected chi connectivity index (χ1v) is 6.46. The molecule has 0 saturated heterocycles. The molecule has 0 spiro atoms. The fourth-order valence-electron chi connectivity index (χ4n) is 1.77. The summed E-state index contributed by atoms with van der Waals surface area (Å²) < 4.78 is 4.99. The molecule has 8 nitrogen and oxygen atoms in total. The molecule has 0 heterocycles. The lowest BCUT2D eigenvalue weighted by Crippen LogP contribution is -2.17. The Kier molecular flexibility index (Phi) is 4.88. The van der Waals surface area contributed by atoms with Crippen LogP contribution in [0.4, 0.5) is 5.69 Å². The Bertz CT molecular complexity index is 756. The van der Waals surface area contributed by atoms with Crippen molar-refractivity contribution in [2.24, 2.45) is 5.10 Å². The number of rotatable bonds is 5. The molecule has 0 aliphatic rings. The Morgan fingerprint density at radius 2 is 2.00 bits per heavy atom. The second-order valence-corrected chi connectivity index (χ2v) is 4.40. The van der Waals surface area contributed by atoms with Gasteiger partial charge < -0.3 is 9.84 Å². The summed E-state index contributed by atoms with van der Waals surface area (Å²) in [6, 6.07) is 10.4. The van der Waals surface area contributed by atoms with E-state index in [-0.39, 0.29) is 5.56 Å². The van der Waals surface area contributed by atoms with Crippen LogP contribution in [-0.4, -0.2) is 29.3 Å². The quantitative estimate of drug-likeness (QED) is 0.498. The van der Waals surface area contributed by atoms with E-state index in [9.17, 15) is 20.0 Å². The molecule has 8 heteroatoms. The predicted molar refractivity (Wildman–Crippen MR) is 82.8 cm³/mol. The molecule has 0 radical (unpaired) electrons. The smallest absolute Gasteiger partial charge is 0.311 e. The first kappa shape index (κ1) is 16.0. The third-order valence-electron chi connectivity index (χ3n) is 2.96. The zero-order valence-corrected chi connectivity index (χ0v) is 12.1. The van der Waals surface area contributed by atoms with E-state index in [4.69, 9.17) is 4.74 Å². The van der Waals surface area contributed by atoms with Crippen LogP contribution in [0.2, 0.25) is 0 Å². The van der Waals surface area contributed by atoms with E-state index in [0.29, 0.717) is 11.3 Å². The van der Waals surface area contributed by atoms with Crippen molar-refractivity contribution in [1.82, 2.24) is 5.43 Å². The van der Waals surface area contributed by atoms with Crippen molar-refractivity contribution in [3.8, 4) is 11.5 Å². The van der Waals surface area contributed by atoms with Crippen molar-refractivity contribution in [3.63, 3.8) is 0 Å². The molecule has 2 rings (SSSR count). The van der Waals surface area contributed by atoms with Crippen LogP contribution in [-0.2, 0) is 0 Å². The monoisotopic (exact) mass is 315 g/mol. The van der Waals surface area contributed by atoms with Gasteiger partial charge in [0.15, 0.2) is 0 Å². The highest BCUT2D eigenvalue weighted by Crippen LogP contribution is 2.27. The van der Waals surface area contributed by atoms with Gasteiger partial charge in [-0.15, -0.1) is 0 Å². The molecule has 0 aliphatic heterocycles. The normalized spacial score (nSPS) is 10.5. The molecule has 0 unspecified atom stereocenters. The number of carbonyl (C=O) groups is 1. The maximum atomic E-state index is 11.9. The van der Waals surface area contributed by atoms with Crippen LogP contribution >= 0.6 is 0 Å². The molecule has 0 atom stereocenters. The zero-order valence-electron chi connectivity index (χ0n) is 12.1. The average molecular weight is 315 g/mol. The van der Waals surface area contributed by atoms with Gasteiger partial charge in [-0.1, -0.05) is 6.07 Å². The maximum Gasteiger partial charge on any atom is 0.311 e. The largest absolute Gasteiger partial charge is 0.502 e. The fourth-order valence-corrected chi connectivity index (χ4v) is 1.77. The van der Waals surface area contributed by atoms with E-state index in [1.807, 2.05) is 0 Å². The number of aromatic hydroxyl groups is 1. The Morgan fingerprint density at radius 1 is 1.30 bits per heavy atom. The second-order valence-electron chi connectivity index (χ2n) is 4.40. The van der Waals surface area contributed by atoms with Crippen molar-refractivity contribution < 1.29 is 19.6 Å². The molecule has 0 saturated carbocycles. The van der Waals surface area contributed by atoms with E-state index in [0.717, 1.165) is 6.21 Å². The first-order chi connectivity index (χ1) is 11.0. The van der Waals surface area contributed by atoms with Gasteiger partial charge in [0.25, 0.3) is 5.91 Å². The summed E-state index contributed by atoms with van der Waals surface area (Å²) >= 11 is 0. The van der Waals surface area contributed by atoms with Gasteiger partial charge in [0.2, 0.25) is 5.75 Å². The summed E-state index contributed by atoms with van der Waals surface area (Å²) in [6.45, 7) is 0. The number of phenols is 1. The van der Waals surface area contributed by atoms with Crippen LogP contribution in [0.3, 0.4) is 0 Å². The number of hydrogen-bond acceptors (Lipinski definition) is 6. The third-order valence-corrected chi connectivity index (χ3v) is 2.96. The van der Waals surface area contributed by atoms with Crippen LogP contribution < -0.4 is 10.2 Å². The van der Waals surface area contributed by atoms with Gasteiger partial charge in [-0.3, -0.25) is 14.9 Å². The number of hydrogen-bond donors (Lipinski definition) is 2. The molecule has 118 valence electrons. The Labute approximate surface area is 131 Å². The third kappa shape index (κ3) is 3.82. The standard InChI is InChI=1S/C15H13N3O5/c1-23-12-7-5-10(6-8-12)15(20)17-16-9-11-3-2-4-13(14(11)19)18(21)22/h2-9,19H,1H3,(H,17,20)/b16-9-. The number of methoxy groups -OCH3 is 1. The highest BCUT2D eigenvalue weighted by molar-refractivity contribution is 5.95. The minimum absolute atomic E-state index is 0.120. The van der Waals surface area contributed by atoms with Gasteiger partial charge in [-0.25, -0.2) is 5.43 Å². The molecule has 2 aromatic carbocycles. The van der Waals surface area contributed by atoms with E-state index >= 15 is 0 Å². The lowest BCUT2D eigenvalue weighted by atomic mass is 10.2. The zero-order chi connectivity index (χ0) is 16.8. The molecule has 0 fully saturated rings. The van der Waals surface area contributed by atoms with Crippen molar-refractivity contribution in [3.05, 3.63) is 63.7 Å². The van der Waals surface area contributed by atoms with Gasteiger partial charge in [0.1, 0.15) is 5.75 Å². The molecule has 0 bridgehead atoms. The average Bonchev–Trinajstić information content (AvgIpc) is 2.56. The van der Waals surface area contributed by atoms with E-state index in [1.54, 1.807) is 24.3 Å². The Morgan fingerprint density at radius 3 is 2.61 bits per heavy atom. The van der Waals surface area contributed by atoms with Crippen LogP contribution in [0.15, 0.2) is 47.6 Å². The number of carbonyl (C=O) groups excluding carboxylic acids is 1. The van der Waals surface area contributed by atoms with Gasteiger partial charge in [0.05, 0.1) is 18.2 Å². The Hall–Kier alpha value is -3.42. The molecule has 23 heavy (non-hydrogen) atoms. The summed E-state index contributed by atoms with van der Waals surface area (Å²) in [4.78, 5) is 21.9. The van der Waals surface area contributed by atoms with E-state index < -0.39 is 22.3 Å². The van der Waals surface area contributed by atoms with Gasteiger partial charge in [0, 0.05) is 17.2 Å². The number of nitrogens with zero attached hydrogens (tertiary/aromatic N) is 2. The van der Waals surface area contributed by atoms with E-state index in [2.05, 4.69) is 10.5 Å². The summed E-state index contributed by atoms with van der Waals surface area (Å²) in [5, 5.41) is 24.1. The highest BCUT2D eigenvalue weighted by Gasteiger charge is 2.15. The number of benzene rings is 2. The van der Waals surface area contributed by atoms with Crippen molar-refractivity contribution in [1.29, 1.82) is 0 Å². The fraction of sp³-hybridized carbons (Fsp3) is 0.0667. The summed E-state index contributed by atoms with van der Waals surface area (Å²) in [5.74, 6) is -0.361. The SMILES string of the molecule is COc1ccc(C(=O)N/N=C\c2cccc([N+](=O)[O-])c2O)cc1. The van der Waals surface area contributed by atoms with E-state index in [1.165, 1.54) is 25.3 Å². The van der Waals surface area contributed by atoms with Crippen molar-refractivity contribution in [2.45, 2.75) is 0 Å². The maximum absolute atomic E-state index is 11.9. The predicted octanol–water partition coefficient (Wildman–Crippen LogP) is 2.07. The van der Waals surface area contributed by atoms with Crippen molar-refractivity contribution >= 4 is 17.8 Å². The molecule has 0 aromatic heterocycles. The minimum Gasteiger partial charge on any atom is -0.502 e. The van der Waals surface area contributed by atoms with Crippen molar-refractivity contribution in [2.75, 3.05) is 7.11 Å². The number of para-hydroxylation sites is 1. The number of hydrazone groups is 1. The molecular weight excluding hydrogens is 302 g/mol. The number of ether oxygens (including phenoxy) is 1. The highest BCUT2D eigenvalue weighted by atomic mass is 16.6. The van der Waals surface area contributed by atoms with Gasteiger partial charge in [-0.05, 0) is 30.3 Å². The molecule has 2 N–H and O–H groups in total. The van der Waals surface area contributed by atoms with Crippen LogP contribution in [0.25, 0.3) is 0 Å².